The zero-order valence-corrected chi connectivity index (χ0v) is 11.7. The molecule has 3 nitrogen and oxygen atoms in total. The summed E-state index contributed by atoms with van der Waals surface area (Å²) in [6.45, 7) is 2.69. The standard InChI is InChI=1S/C14H13NO2.BrH/c1-11-4-6-12(7-5-11)9-15-8-2-3-13(10-15)14(16)17;/h2-8,10H,9H2,1H3;1H. The maximum absolute atomic E-state index is 10.7. The highest BCUT2D eigenvalue weighted by Gasteiger charge is 2.04. The molecule has 0 atom stereocenters. The molecule has 0 aliphatic heterocycles. The smallest absolute Gasteiger partial charge is 0.178 e. The van der Waals surface area contributed by atoms with Crippen LogP contribution in [-0.2, 0) is 6.54 Å². The molecule has 0 amide bonds. The van der Waals surface area contributed by atoms with Crippen molar-refractivity contribution in [1.29, 1.82) is 0 Å². The normalized spacial score (nSPS) is 9.61. The van der Waals surface area contributed by atoms with Gasteiger partial charge in [-0.25, -0.2) is 4.57 Å². The molecule has 2 rings (SSSR count). The number of pyridine rings is 1. The number of carboxylic acids is 1. The minimum absolute atomic E-state index is 0. The molecule has 1 aromatic heterocycles. The first-order valence-electron chi connectivity index (χ1n) is 5.41. The van der Waals surface area contributed by atoms with Crippen LogP contribution >= 0.6 is 17.0 Å². The van der Waals surface area contributed by atoms with Crippen molar-refractivity contribution in [3.05, 3.63) is 65.5 Å². The van der Waals surface area contributed by atoms with Crippen molar-refractivity contribution >= 4 is 23.0 Å². The van der Waals surface area contributed by atoms with Gasteiger partial charge in [0.05, 0.1) is 11.5 Å². The number of aromatic carboxylic acids is 1. The van der Waals surface area contributed by atoms with Crippen molar-refractivity contribution in [2.75, 3.05) is 0 Å². The number of hydrogen-bond acceptors (Lipinski definition) is 2. The predicted molar refractivity (Wildman–Crippen MR) is 71.6 cm³/mol. The summed E-state index contributed by atoms with van der Waals surface area (Å²) in [7, 11) is 0. The number of halogens is 1. The molecule has 0 spiro atoms. The van der Waals surface area contributed by atoms with Crippen molar-refractivity contribution in [1.82, 2.24) is 0 Å². The number of benzene rings is 1. The first-order chi connectivity index (χ1) is 8.15. The Kier molecular flexibility index (Phi) is 5.04. The Morgan fingerprint density at radius 3 is 2.50 bits per heavy atom. The van der Waals surface area contributed by atoms with Crippen molar-refractivity contribution < 1.29 is 14.5 Å². The topological polar surface area (TPSA) is 44.0 Å². The highest BCUT2D eigenvalue weighted by molar-refractivity contribution is 8.93. The summed E-state index contributed by atoms with van der Waals surface area (Å²) in [4.78, 5) is 10.7. The summed E-state index contributed by atoms with van der Waals surface area (Å²) in [6, 6.07) is 11.4. The second kappa shape index (κ2) is 6.31. The van der Waals surface area contributed by atoms with E-state index in [4.69, 9.17) is 0 Å². The fraction of sp³-hybridized carbons (Fsp3) is 0.143. The van der Waals surface area contributed by atoms with Gasteiger partial charge in [-0.3, -0.25) is 0 Å². The molecule has 0 saturated carbocycles. The van der Waals surface area contributed by atoms with E-state index in [1.54, 1.807) is 12.3 Å². The summed E-state index contributed by atoms with van der Waals surface area (Å²) in [5.41, 5.74) is 2.54. The van der Waals surface area contributed by atoms with Crippen LogP contribution in [0.3, 0.4) is 0 Å². The van der Waals surface area contributed by atoms with Gasteiger partial charge in [-0.2, -0.15) is 0 Å². The van der Waals surface area contributed by atoms with Gasteiger partial charge in [0.15, 0.2) is 18.9 Å². The van der Waals surface area contributed by atoms with Crippen molar-refractivity contribution in [2.24, 2.45) is 0 Å². The first-order valence-corrected chi connectivity index (χ1v) is 5.41. The number of nitrogens with zero attached hydrogens (tertiary/aromatic N) is 1. The predicted octanol–water partition coefficient (Wildman–Crippen LogP) is 1.27. The third kappa shape index (κ3) is 3.67. The Balaban J connectivity index is 0.00000162. The Labute approximate surface area is 116 Å². The van der Waals surface area contributed by atoms with Crippen LogP contribution in [0, 0.1) is 6.92 Å². The monoisotopic (exact) mass is 307 g/mol. The van der Waals surface area contributed by atoms with Crippen LogP contribution in [0.2, 0.25) is 0 Å². The number of aromatic nitrogens is 1. The van der Waals surface area contributed by atoms with E-state index >= 15 is 0 Å². The van der Waals surface area contributed by atoms with Crippen LogP contribution in [0.4, 0.5) is 0 Å². The Hall–Kier alpha value is -1.68. The van der Waals surface area contributed by atoms with E-state index in [-0.39, 0.29) is 22.5 Å². The lowest BCUT2D eigenvalue weighted by Gasteiger charge is -2.02. The molecule has 0 aliphatic carbocycles. The molecule has 18 heavy (non-hydrogen) atoms. The van der Waals surface area contributed by atoms with Crippen LogP contribution < -0.4 is 9.67 Å². The van der Waals surface area contributed by atoms with Crippen molar-refractivity contribution in [3.8, 4) is 0 Å². The summed E-state index contributed by atoms with van der Waals surface area (Å²) >= 11 is 0. The lowest BCUT2D eigenvalue weighted by Crippen LogP contribution is -2.36. The molecule has 0 bridgehead atoms. The van der Waals surface area contributed by atoms with Crippen LogP contribution in [0.5, 0.6) is 0 Å². The molecule has 0 N–H and O–H groups in total. The van der Waals surface area contributed by atoms with Crippen LogP contribution in [0.15, 0.2) is 48.8 Å². The average Bonchev–Trinajstić information content (AvgIpc) is 2.32. The van der Waals surface area contributed by atoms with E-state index in [1.807, 2.05) is 42.0 Å². The summed E-state index contributed by atoms with van der Waals surface area (Å²) in [6.07, 6.45) is 3.42. The molecule has 4 heteroatoms. The zero-order valence-electron chi connectivity index (χ0n) is 10.00. The third-order valence-electron chi connectivity index (χ3n) is 2.58. The molecule has 0 saturated heterocycles. The average molecular weight is 308 g/mol. The fourth-order valence-corrected chi connectivity index (χ4v) is 1.65. The molecule has 0 unspecified atom stereocenters. The van der Waals surface area contributed by atoms with Crippen LogP contribution in [0.1, 0.15) is 21.5 Å². The van der Waals surface area contributed by atoms with Gasteiger partial charge in [0.1, 0.15) is 0 Å². The number of carbonyl (C=O) groups is 1. The van der Waals surface area contributed by atoms with Crippen LogP contribution in [0.25, 0.3) is 0 Å². The second-order valence-corrected chi connectivity index (χ2v) is 4.04. The highest BCUT2D eigenvalue weighted by Crippen LogP contribution is 2.02. The quantitative estimate of drug-likeness (QED) is 0.802. The number of carbonyl (C=O) groups excluding carboxylic acids is 1. The van der Waals surface area contributed by atoms with Gasteiger partial charge in [-0.05, 0) is 13.0 Å². The van der Waals surface area contributed by atoms with Crippen LogP contribution in [-0.4, -0.2) is 5.97 Å². The Bertz CT molecular complexity index is 538. The summed E-state index contributed by atoms with van der Waals surface area (Å²) < 4.78 is 1.83. The number of hydrogen-bond donors (Lipinski definition) is 0. The Morgan fingerprint density at radius 2 is 1.89 bits per heavy atom. The summed E-state index contributed by atoms with van der Waals surface area (Å²) in [5.74, 6) is -1.15. The molecule has 1 heterocycles. The SMILES string of the molecule is Br.Cc1ccc(C[n+]2cccc(C(=O)[O-])c2)cc1. The minimum Gasteiger partial charge on any atom is -0.545 e. The van der Waals surface area contributed by atoms with E-state index in [0.717, 1.165) is 5.56 Å². The van der Waals surface area contributed by atoms with Crippen molar-refractivity contribution in [3.63, 3.8) is 0 Å². The third-order valence-corrected chi connectivity index (χ3v) is 2.58. The molecule has 1 aromatic carbocycles. The summed E-state index contributed by atoms with van der Waals surface area (Å²) in [5, 5.41) is 10.7. The first kappa shape index (κ1) is 14.4. The maximum Gasteiger partial charge on any atom is 0.178 e. The number of carboxylic acid groups (broad SMARTS) is 1. The maximum atomic E-state index is 10.7. The van der Waals surface area contributed by atoms with Crippen molar-refractivity contribution in [2.45, 2.75) is 13.5 Å². The zero-order chi connectivity index (χ0) is 12.3. The minimum atomic E-state index is -1.15. The lowest BCUT2D eigenvalue weighted by molar-refractivity contribution is -0.688. The molecule has 0 fully saturated rings. The Morgan fingerprint density at radius 1 is 1.22 bits per heavy atom. The van der Waals surface area contributed by atoms with E-state index in [1.165, 1.54) is 11.6 Å². The van der Waals surface area contributed by atoms with Gasteiger partial charge in [-0.15, -0.1) is 17.0 Å². The van der Waals surface area contributed by atoms with E-state index in [2.05, 4.69) is 0 Å². The number of rotatable bonds is 3. The van der Waals surface area contributed by atoms with Gasteiger partial charge in [0.25, 0.3) is 0 Å². The van der Waals surface area contributed by atoms with Gasteiger partial charge >= 0.3 is 0 Å². The van der Waals surface area contributed by atoms with Gasteiger partial charge in [-0.1, -0.05) is 29.8 Å². The number of aryl methyl sites for hydroxylation is 1. The van der Waals surface area contributed by atoms with E-state index in [0.29, 0.717) is 6.54 Å². The van der Waals surface area contributed by atoms with E-state index < -0.39 is 5.97 Å². The fourth-order valence-electron chi connectivity index (χ4n) is 1.65. The second-order valence-electron chi connectivity index (χ2n) is 4.04. The van der Waals surface area contributed by atoms with Gasteiger partial charge in [0.2, 0.25) is 0 Å². The largest absolute Gasteiger partial charge is 0.545 e. The molecule has 94 valence electrons. The molecular formula is C14H14BrNO2. The molecule has 2 aromatic rings. The lowest BCUT2D eigenvalue weighted by atomic mass is 10.1. The van der Waals surface area contributed by atoms with E-state index in [9.17, 15) is 9.90 Å². The molecule has 0 aliphatic rings. The molecular weight excluding hydrogens is 294 g/mol. The van der Waals surface area contributed by atoms with Gasteiger partial charge in [0, 0.05) is 11.6 Å². The molecule has 0 radical (unpaired) electrons. The highest BCUT2D eigenvalue weighted by atomic mass is 79.9. The van der Waals surface area contributed by atoms with Gasteiger partial charge < -0.3 is 9.90 Å².